The lowest BCUT2D eigenvalue weighted by Crippen LogP contribution is -2.50. The van der Waals surface area contributed by atoms with Crippen LogP contribution in [0.15, 0.2) is 24.3 Å². The van der Waals surface area contributed by atoms with Crippen LogP contribution in [0.5, 0.6) is 5.75 Å². The van der Waals surface area contributed by atoms with Gasteiger partial charge in [0.2, 0.25) is 5.91 Å². The Labute approximate surface area is 148 Å². The standard InChI is InChI=1S/C16H23ClN2O3.ClH/c1-21-12-16(6-8-18-9-7-16)15(20)19-10-11-22-14-4-2-13(17)3-5-14;/h2-5,18H,6-12H2,1H3,(H,19,20);1H. The molecule has 1 amide bonds. The third-order valence-electron chi connectivity index (χ3n) is 3.93. The van der Waals surface area contributed by atoms with Crippen molar-refractivity contribution in [2.45, 2.75) is 12.8 Å². The summed E-state index contributed by atoms with van der Waals surface area (Å²) in [6.07, 6.45) is 1.59. The lowest BCUT2D eigenvalue weighted by molar-refractivity contribution is -0.136. The Bertz CT molecular complexity index is 471. The van der Waals surface area contributed by atoms with Crippen molar-refractivity contribution in [2.24, 2.45) is 5.41 Å². The number of ether oxygens (including phenoxy) is 2. The first-order valence-corrected chi connectivity index (χ1v) is 7.90. The van der Waals surface area contributed by atoms with E-state index in [0.29, 0.717) is 24.8 Å². The summed E-state index contributed by atoms with van der Waals surface area (Å²) in [7, 11) is 1.64. The van der Waals surface area contributed by atoms with Gasteiger partial charge in [0.05, 0.1) is 18.6 Å². The predicted octanol–water partition coefficient (Wildman–Crippen LogP) is 2.27. The summed E-state index contributed by atoms with van der Waals surface area (Å²) in [5.74, 6) is 0.794. The van der Waals surface area contributed by atoms with Crippen LogP contribution in [-0.4, -0.2) is 45.9 Å². The molecule has 23 heavy (non-hydrogen) atoms. The van der Waals surface area contributed by atoms with E-state index < -0.39 is 5.41 Å². The van der Waals surface area contributed by atoms with Crippen molar-refractivity contribution in [1.82, 2.24) is 10.6 Å². The molecule has 0 atom stereocenters. The van der Waals surface area contributed by atoms with Crippen LogP contribution in [0.2, 0.25) is 5.02 Å². The minimum atomic E-state index is -0.416. The van der Waals surface area contributed by atoms with Crippen molar-refractivity contribution in [1.29, 1.82) is 0 Å². The number of carbonyl (C=O) groups is 1. The van der Waals surface area contributed by atoms with Gasteiger partial charge >= 0.3 is 0 Å². The number of hydrogen-bond acceptors (Lipinski definition) is 4. The van der Waals surface area contributed by atoms with Crippen LogP contribution in [0.3, 0.4) is 0 Å². The summed E-state index contributed by atoms with van der Waals surface area (Å²) in [6.45, 7) is 3.05. The number of methoxy groups -OCH3 is 1. The second-order valence-corrected chi connectivity index (χ2v) is 5.96. The number of rotatable bonds is 7. The molecule has 130 valence electrons. The third kappa shape index (κ3) is 5.84. The van der Waals surface area contributed by atoms with E-state index in [1.54, 1.807) is 19.2 Å². The van der Waals surface area contributed by atoms with E-state index in [2.05, 4.69) is 10.6 Å². The average Bonchev–Trinajstić information content (AvgIpc) is 2.54. The molecule has 0 aromatic heterocycles. The number of carbonyl (C=O) groups excluding carboxylic acids is 1. The van der Waals surface area contributed by atoms with Crippen LogP contribution in [0, 0.1) is 5.41 Å². The molecule has 1 saturated heterocycles. The number of amides is 1. The third-order valence-corrected chi connectivity index (χ3v) is 4.18. The van der Waals surface area contributed by atoms with Crippen LogP contribution in [-0.2, 0) is 9.53 Å². The van der Waals surface area contributed by atoms with Gasteiger partial charge < -0.3 is 20.1 Å². The van der Waals surface area contributed by atoms with E-state index in [1.807, 2.05) is 12.1 Å². The van der Waals surface area contributed by atoms with Gasteiger partial charge in [-0.15, -0.1) is 12.4 Å². The molecule has 1 aliphatic rings. The zero-order valence-corrected chi connectivity index (χ0v) is 14.8. The van der Waals surface area contributed by atoms with Crippen molar-refractivity contribution in [3.8, 4) is 5.75 Å². The van der Waals surface area contributed by atoms with Crippen LogP contribution < -0.4 is 15.4 Å². The highest BCUT2D eigenvalue weighted by Gasteiger charge is 2.39. The number of piperidine rings is 1. The predicted molar refractivity (Wildman–Crippen MR) is 93.6 cm³/mol. The van der Waals surface area contributed by atoms with E-state index in [-0.39, 0.29) is 18.3 Å². The van der Waals surface area contributed by atoms with Crippen molar-refractivity contribution < 1.29 is 14.3 Å². The molecule has 0 unspecified atom stereocenters. The Morgan fingerprint density at radius 1 is 1.30 bits per heavy atom. The first-order chi connectivity index (χ1) is 10.7. The second kappa shape index (κ2) is 9.98. The lowest BCUT2D eigenvalue weighted by atomic mass is 9.78. The maximum absolute atomic E-state index is 12.5. The van der Waals surface area contributed by atoms with Gasteiger partial charge in [0.1, 0.15) is 12.4 Å². The molecule has 7 heteroatoms. The second-order valence-electron chi connectivity index (χ2n) is 5.52. The minimum Gasteiger partial charge on any atom is -0.492 e. The largest absolute Gasteiger partial charge is 0.492 e. The smallest absolute Gasteiger partial charge is 0.228 e. The fourth-order valence-corrected chi connectivity index (χ4v) is 2.80. The molecule has 0 spiro atoms. The Morgan fingerprint density at radius 3 is 2.57 bits per heavy atom. The van der Waals surface area contributed by atoms with Crippen LogP contribution in [0.4, 0.5) is 0 Å². The molecule has 1 heterocycles. The van der Waals surface area contributed by atoms with Gasteiger partial charge in [-0.05, 0) is 50.2 Å². The molecule has 1 aromatic rings. The highest BCUT2D eigenvalue weighted by molar-refractivity contribution is 6.30. The van der Waals surface area contributed by atoms with Crippen LogP contribution in [0.25, 0.3) is 0 Å². The molecule has 0 radical (unpaired) electrons. The zero-order valence-electron chi connectivity index (χ0n) is 13.3. The van der Waals surface area contributed by atoms with Gasteiger partial charge in [-0.1, -0.05) is 11.6 Å². The number of nitrogens with one attached hydrogen (secondary N) is 2. The Morgan fingerprint density at radius 2 is 1.96 bits per heavy atom. The maximum atomic E-state index is 12.5. The van der Waals surface area contributed by atoms with Gasteiger partial charge in [0.25, 0.3) is 0 Å². The minimum absolute atomic E-state index is 0. The molecule has 0 bridgehead atoms. The van der Waals surface area contributed by atoms with Crippen LogP contribution >= 0.6 is 24.0 Å². The summed E-state index contributed by atoms with van der Waals surface area (Å²) >= 11 is 5.82. The summed E-state index contributed by atoms with van der Waals surface area (Å²) in [4.78, 5) is 12.5. The fraction of sp³-hybridized carbons (Fsp3) is 0.562. The molecule has 2 N–H and O–H groups in total. The van der Waals surface area contributed by atoms with Gasteiger partial charge in [-0.25, -0.2) is 0 Å². The van der Waals surface area contributed by atoms with Crippen molar-refractivity contribution in [2.75, 3.05) is 40.0 Å². The summed E-state index contributed by atoms with van der Waals surface area (Å²) in [5.41, 5.74) is -0.416. The summed E-state index contributed by atoms with van der Waals surface area (Å²) < 4.78 is 10.8. The molecular formula is C16H24Cl2N2O3. The van der Waals surface area contributed by atoms with E-state index in [0.717, 1.165) is 31.7 Å². The topological polar surface area (TPSA) is 59.6 Å². The Balaban J connectivity index is 0.00000264. The average molecular weight is 363 g/mol. The maximum Gasteiger partial charge on any atom is 0.228 e. The number of benzene rings is 1. The molecule has 2 rings (SSSR count). The Hall–Kier alpha value is -1.01. The van der Waals surface area contributed by atoms with Crippen LogP contribution in [0.1, 0.15) is 12.8 Å². The van der Waals surface area contributed by atoms with Crippen molar-refractivity contribution in [3.05, 3.63) is 29.3 Å². The molecule has 1 fully saturated rings. The zero-order chi connectivity index (χ0) is 15.8. The lowest BCUT2D eigenvalue weighted by Gasteiger charge is -2.35. The van der Waals surface area contributed by atoms with E-state index in [4.69, 9.17) is 21.1 Å². The van der Waals surface area contributed by atoms with Gasteiger partial charge in [-0.2, -0.15) is 0 Å². The quantitative estimate of drug-likeness (QED) is 0.730. The van der Waals surface area contributed by atoms with E-state index in [9.17, 15) is 4.79 Å². The highest BCUT2D eigenvalue weighted by Crippen LogP contribution is 2.29. The van der Waals surface area contributed by atoms with Crippen molar-refractivity contribution in [3.63, 3.8) is 0 Å². The summed E-state index contributed by atoms with van der Waals surface area (Å²) in [5, 5.41) is 6.91. The molecule has 0 aliphatic carbocycles. The summed E-state index contributed by atoms with van der Waals surface area (Å²) in [6, 6.07) is 7.17. The van der Waals surface area contributed by atoms with E-state index >= 15 is 0 Å². The monoisotopic (exact) mass is 362 g/mol. The van der Waals surface area contributed by atoms with Gasteiger partial charge in [-0.3, -0.25) is 4.79 Å². The molecular weight excluding hydrogens is 339 g/mol. The first-order valence-electron chi connectivity index (χ1n) is 7.53. The molecule has 5 nitrogen and oxygen atoms in total. The Kier molecular flexibility index (Phi) is 8.69. The first kappa shape index (κ1) is 20.0. The van der Waals surface area contributed by atoms with E-state index in [1.165, 1.54) is 0 Å². The molecule has 0 saturated carbocycles. The number of hydrogen-bond donors (Lipinski definition) is 2. The number of halogens is 2. The van der Waals surface area contributed by atoms with Gasteiger partial charge in [0.15, 0.2) is 0 Å². The van der Waals surface area contributed by atoms with Crippen molar-refractivity contribution >= 4 is 29.9 Å². The highest BCUT2D eigenvalue weighted by atomic mass is 35.5. The molecule has 1 aromatic carbocycles. The normalized spacial score (nSPS) is 16.3. The molecule has 1 aliphatic heterocycles. The SMILES string of the molecule is COCC1(C(=O)NCCOc2ccc(Cl)cc2)CCNCC1.Cl. The fourth-order valence-electron chi connectivity index (χ4n) is 2.67. The van der Waals surface area contributed by atoms with Gasteiger partial charge in [0, 0.05) is 12.1 Å².